The number of alkyl carbamates (subject to hydrolysis) is 1. The highest BCUT2D eigenvalue weighted by molar-refractivity contribution is 6.21. The Kier molecular flexibility index (Phi) is 6.33. The highest BCUT2D eigenvalue weighted by Gasteiger charge is 2.38. The van der Waals surface area contributed by atoms with Crippen LogP contribution in [0.5, 0.6) is 0 Å². The fourth-order valence-corrected chi connectivity index (χ4v) is 4.17. The summed E-state index contributed by atoms with van der Waals surface area (Å²) in [5.74, 6) is -0.506. The molecule has 0 aromatic heterocycles. The van der Waals surface area contributed by atoms with E-state index in [4.69, 9.17) is 4.74 Å². The predicted octanol–water partition coefficient (Wildman–Crippen LogP) is 3.97. The first kappa shape index (κ1) is 22.7. The average molecular weight is 448 g/mol. The number of hydrogen-bond acceptors (Lipinski definition) is 5. The minimum Gasteiger partial charge on any atom is -0.444 e. The molecular weight excluding hydrogens is 418 g/mol. The van der Waals surface area contributed by atoms with Gasteiger partial charge in [-0.1, -0.05) is 48.5 Å². The Morgan fingerprint density at radius 2 is 1.61 bits per heavy atom. The van der Waals surface area contributed by atoms with E-state index in [1.165, 1.54) is 4.90 Å². The standard InChI is InChI=1S/C26H29N3O4/c1-26(2,3)33-25(32)27-19-13-14-20(28(16-19)15-18-9-5-4-6-10-18)17-29-23(30)21-11-7-8-12-22(21)24(29)31/h4-13,20H,14-17H2,1-3H3,(H,27,32). The molecule has 3 amide bonds. The van der Waals surface area contributed by atoms with Crippen LogP contribution >= 0.6 is 0 Å². The van der Waals surface area contributed by atoms with Crippen molar-refractivity contribution >= 4 is 17.9 Å². The molecular formula is C26H29N3O4. The van der Waals surface area contributed by atoms with Crippen LogP contribution in [0.25, 0.3) is 0 Å². The highest BCUT2D eigenvalue weighted by Crippen LogP contribution is 2.26. The normalized spacial score (nSPS) is 18.7. The zero-order valence-electron chi connectivity index (χ0n) is 19.2. The van der Waals surface area contributed by atoms with E-state index in [0.29, 0.717) is 30.6 Å². The zero-order valence-corrected chi connectivity index (χ0v) is 19.2. The van der Waals surface area contributed by atoms with Crippen LogP contribution in [0.2, 0.25) is 0 Å². The van der Waals surface area contributed by atoms with Crippen LogP contribution in [0.15, 0.2) is 66.4 Å². The smallest absolute Gasteiger partial charge is 0.411 e. The van der Waals surface area contributed by atoms with Gasteiger partial charge in [0.2, 0.25) is 0 Å². The number of nitrogens with zero attached hydrogens (tertiary/aromatic N) is 2. The molecule has 0 aliphatic carbocycles. The average Bonchev–Trinajstić information content (AvgIpc) is 3.00. The summed E-state index contributed by atoms with van der Waals surface area (Å²) in [6, 6.07) is 16.9. The van der Waals surface area contributed by atoms with Crippen molar-refractivity contribution in [1.29, 1.82) is 0 Å². The molecule has 2 aliphatic rings. The van der Waals surface area contributed by atoms with E-state index in [0.717, 1.165) is 11.3 Å². The van der Waals surface area contributed by atoms with E-state index in [9.17, 15) is 14.4 Å². The van der Waals surface area contributed by atoms with Gasteiger partial charge in [0.15, 0.2) is 0 Å². The summed E-state index contributed by atoms with van der Waals surface area (Å²) in [5.41, 5.74) is 2.19. The number of hydrogen-bond donors (Lipinski definition) is 1. The minimum atomic E-state index is -0.586. The summed E-state index contributed by atoms with van der Waals surface area (Å²) in [4.78, 5) is 41.6. The first-order chi connectivity index (χ1) is 15.7. The lowest BCUT2D eigenvalue weighted by molar-refractivity contribution is 0.0530. The fourth-order valence-electron chi connectivity index (χ4n) is 4.17. The Labute approximate surface area is 194 Å². The molecule has 0 saturated heterocycles. The summed E-state index contributed by atoms with van der Waals surface area (Å²) < 4.78 is 5.39. The van der Waals surface area contributed by atoms with Gasteiger partial charge in [-0.2, -0.15) is 0 Å². The largest absolute Gasteiger partial charge is 0.444 e. The van der Waals surface area contributed by atoms with Gasteiger partial charge in [-0.25, -0.2) is 4.79 Å². The van der Waals surface area contributed by atoms with E-state index in [1.807, 2.05) is 57.2 Å². The molecule has 2 aromatic carbocycles. The molecule has 7 heteroatoms. The molecule has 2 aliphatic heterocycles. The fraction of sp³-hybridized carbons (Fsp3) is 0.346. The molecule has 2 aromatic rings. The number of nitrogens with one attached hydrogen (secondary N) is 1. The van der Waals surface area contributed by atoms with Gasteiger partial charge in [0.25, 0.3) is 11.8 Å². The van der Waals surface area contributed by atoms with Crippen LogP contribution in [0, 0.1) is 0 Å². The van der Waals surface area contributed by atoms with Gasteiger partial charge >= 0.3 is 6.09 Å². The Hall–Kier alpha value is -3.45. The number of fused-ring (bicyclic) bond motifs is 1. The van der Waals surface area contributed by atoms with Gasteiger partial charge in [0.05, 0.1) is 11.1 Å². The zero-order chi connectivity index (χ0) is 23.6. The molecule has 0 bridgehead atoms. The second-order valence-corrected chi connectivity index (χ2v) is 9.40. The van der Waals surface area contributed by atoms with Crippen LogP contribution in [-0.4, -0.2) is 52.4 Å². The number of amides is 3. The predicted molar refractivity (Wildman–Crippen MR) is 125 cm³/mol. The molecule has 7 nitrogen and oxygen atoms in total. The molecule has 0 radical (unpaired) electrons. The van der Waals surface area contributed by atoms with Crippen molar-refractivity contribution in [3.8, 4) is 0 Å². The molecule has 0 saturated carbocycles. The summed E-state index contributed by atoms with van der Waals surface area (Å²) in [6.45, 7) is 6.85. The summed E-state index contributed by atoms with van der Waals surface area (Å²) in [5, 5.41) is 2.85. The second kappa shape index (κ2) is 9.19. The number of carbonyl (C=O) groups excluding carboxylic acids is 3. The number of ether oxygens (including phenoxy) is 1. The SMILES string of the molecule is CC(C)(C)OC(=O)NC1=CCC(CN2C(=O)c3ccccc3C2=O)N(Cc2ccccc2)C1. The Bertz CT molecular complexity index is 1050. The number of benzene rings is 2. The van der Waals surface area contributed by atoms with Crippen molar-refractivity contribution in [3.63, 3.8) is 0 Å². The van der Waals surface area contributed by atoms with Crippen molar-refractivity contribution in [2.75, 3.05) is 13.1 Å². The van der Waals surface area contributed by atoms with Crippen LogP contribution in [0.3, 0.4) is 0 Å². The first-order valence-corrected chi connectivity index (χ1v) is 11.1. The number of carbonyl (C=O) groups is 3. The third kappa shape index (κ3) is 5.31. The quantitative estimate of drug-likeness (QED) is 0.702. The summed E-state index contributed by atoms with van der Waals surface area (Å²) in [7, 11) is 0. The van der Waals surface area contributed by atoms with Gasteiger partial charge in [-0.3, -0.25) is 24.7 Å². The molecule has 1 atom stereocenters. The lowest BCUT2D eigenvalue weighted by atomic mass is 10.0. The minimum absolute atomic E-state index is 0.0726. The van der Waals surface area contributed by atoms with Crippen molar-refractivity contribution < 1.29 is 19.1 Å². The molecule has 33 heavy (non-hydrogen) atoms. The lowest BCUT2D eigenvalue weighted by Gasteiger charge is -2.37. The maximum Gasteiger partial charge on any atom is 0.411 e. The van der Waals surface area contributed by atoms with Crippen LogP contribution in [0.4, 0.5) is 4.79 Å². The number of imide groups is 1. The van der Waals surface area contributed by atoms with E-state index in [-0.39, 0.29) is 24.4 Å². The van der Waals surface area contributed by atoms with Gasteiger partial charge < -0.3 is 4.74 Å². The second-order valence-electron chi connectivity index (χ2n) is 9.40. The molecule has 172 valence electrons. The van der Waals surface area contributed by atoms with E-state index in [2.05, 4.69) is 10.2 Å². The molecule has 0 fully saturated rings. The molecule has 1 unspecified atom stereocenters. The summed E-state index contributed by atoms with van der Waals surface area (Å²) in [6.07, 6.45) is 2.05. The molecule has 4 rings (SSSR count). The monoisotopic (exact) mass is 447 g/mol. The summed E-state index contributed by atoms with van der Waals surface area (Å²) >= 11 is 0. The Morgan fingerprint density at radius 3 is 2.21 bits per heavy atom. The highest BCUT2D eigenvalue weighted by atomic mass is 16.6. The van der Waals surface area contributed by atoms with Crippen molar-refractivity contribution in [2.45, 2.75) is 45.4 Å². The van der Waals surface area contributed by atoms with Gasteiger partial charge in [-0.15, -0.1) is 0 Å². The van der Waals surface area contributed by atoms with Crippen molar-refractivity contribution in [3.05, 3.63) is 83.1 Å². The lowest BCUT2D eigenvalue weighted by Crippen LogP contribution is -2.49. The van der Waals surface area contributed by atoms with Crippen molar-refractivity contribution in [2.24, 2.45) is 0 Å². The maximum atomic E-state index is 12.9. The molecule has 1 N–H and O–H groups in total. The van der Waals surface area contributed by atoms with Crippen molar-refractivity contribution in [1.82, 2.24) is 15.1 Å². The van der Waals surface area contributed by atoms with Gasteiger partial charge in [0.1, 0.15) is 5.60 Å². The first-order valence-electron chi connectivity index (χ1n) is 11.1. The van der Waals surface area contributed by atoms with E-state index >= 15 is 0 Å². The number of rotatable bonds is 5. The van der Waals surface area contributed by atoms with Crippen LogP contribution in [0.1, 0.15) is 53.5 Å². The maximum absolute atomic E-state index is 12.9. The third-order valence-electron chi connectivity index (χ3n) is 5.69. The third-order valence-corrected chi connectivity index (χ3v) is 5.69. The topological polar surface area (TPSA) is 79.0 Å². The molecule has 2 heterocycles. The van der Waals surface area contributed by atoms with Crippen LogP contribution < -0.4 is 5.32 Å². The molecule has 0 spiro atoms. The Balaban J connectivity index is 1.51. The van der Waals surface area contributed by atoms with Gasteiger partial charge in [0, 0.05) is 31.4 Å². The van der Waals surface area contributed by atoms with Gasteiger partial charge in [-0.05, 0) is 44.9 Å². The Morgan fingerprint density at radius 1 is 1.00 bits per heavy atom. The van der Waals surface area contributed by atoms with E-state index < -0.39 is 11.7 Å². The van der Waals surface area contributed by atoms with E-state index in [1.54, 1.807) is 24.3 Å². The van der Waals surface area contributed by atoms with Crippen LogP contribution in [-0.2, 0) is 11.3 Å².